The number of aromatic nitrogens is 1. The summed E-state index contributed by atoms with van der Waals surface area (Å²) in [6.45, 7) is 0. The molecule has 296 valence electrons. The van der Waals surface area contributed by atoms with Crippen LogP contribution in [-0.4, -0.2) is 4.57 Å². The van der Waals surface area contributed by atoms with Gasteiger partial charge in [-0.3, -0.25) is 0 Å². The first-order chi connectivity index (χ1) is 31.2. The molecule has 2 aromatic heterocycles. The molecule has 0 unspecified atom stereocenters. The average molecular weight is 805 g/mol. The molecule has 10 aromatic carbocycles. The summed E-state index contributed by atoms with van der Waals surface area (Å²) >= 11 is 0. The highest BCUT2D eigenvalue weighted by atomic mass is 16.3. The van der Waals surface area contributed by atoms with Gasteiger partial charge in [0.05, 0.1) is 16.7 Å². The first-order valence-corrected chi connectivity index (χ1v) is 21.5. The van der Waals surface area contributed by atoms with Gasteiger partial charge in [-0.25, -0.2) is 0 Å². The predicted octanol–water partition coefficient (Wildman–Crippen LogP) is 16.8. The van der Waals surface area contributed by atoms with Crippen LogP contribution < -0.4 is 4.90 Å². The van der Waals surface area contributed by atoms with Gasteiger partial charge in [-0.1, -0.05) is 170 Å². The molecule has 63 heavy (non-hydrogen) atoms. The first kappa shape index (κ1) is 36.5. The van der Waals surface area contributed by atoms with Crippen molar-refractivity contribution < 1.29 is 4.42 Å². The minimum atomic E-state index is 0.878. The molecule has 0 spiro atoms. The maximum absolute atomic E-state index is 6.40. The van der Waals surface area contributed by atoms with E-state index >= 15 is 0 Å². The molecule has 2 heterocycles. The minimum absolute atomic E-state index is 0.878. The lowest BCUT2D eigenvalue weighted by molar-refractivity contribution is 0.669. The van der Waals surface area contributed by atoms with Crippen LogP contribution in [0.3, 0.4) is 0 Å². The first-order valence-electron chi connectivity index (χ1n) is 21.5. The molecule has 3 heteroatoms. The second-order valence-electron chi connectivity index (χ2n) is 16.1. The standard InChI is InChI=1S/C60H40N2O/c1-2-16-41(17-3-1)43-18-12-19-44(38-43)46-21-14-22-48(40-46)61(55-29-8-6-26-52(55)53-28-15-33-59-60(53)54-27-7-11-32-58(54)63-59)47-36-34-42(35-37-47)45-20-13-23-49(39-45)62-56-30-9-4-24-50(56)51-25-5-10-31-57(51)62/h1-40H. The molecule has 3 nitrogen and oxygen atoms in total. The predicted molar refractivity (Wildman–Crippen MR) is 264 cm³/mol. The van der Waals surface area contributed by atoms with Crippen LogP contribution in [0.5, 0.6) is 0 Å². The zero-order chi connectivity index (χ0) is 41.7. The van der Waals surface area contributed by atoms with Gasteiger partial charge in [-0.2, -0.15) is 0 Å². The molecule has 0 saturated carbocycles. The third-order valence-electron chi connectivity index (χ3n) is 12.4. The van der Waals surface area contributed by atoms with Gasteiger partial charge >= 0.3 is 0 Å². The number of furan rings is 1. The Morgan fingerprint density at radius 1 is 0.317 bits per heavy atom. The van der Waals surface area contributed by atoms with Gasteiger partial charge in [-0.15, -0.1) is 0 Å². The third kappa shape index (κ3) is 6.38. The normalized spacial score (nSPS) is 11.5. The molecule has 0 N–H and O–H groups in total. The molecule has 0 radical (unpaired) electrons. The van der Waals surface area contributed by atoms with E-state index in [1.807, 2.05) is 6.07 Å². The Balaban J connectivity index is 0.999. The molecular weight excluding hydrogens is 765 g/mol. The highest BCUT2D eigenvalue weighted by molar-refractivity contribution is 6.14. The Morgan fingerprint density at radius 3 is 1.62 bits per heavy atom. The number of rotatable bonds is 8. The van der Waals surface area contributed by atoms with Crippen LogP contribution in [0.1, 0.15) is 0 Å². The molecule has 12 rings (SSSR count). The number of hydrogen-bond acceptors (Lipinski definition) is 2. The van der Waals surface area contributed by atoms with Crippen LogP contribution >= 0.6 is 0 Å². The van der Waals surface area contributed by atoms with E-state index in [1.54, 1.807) is 0 Å². The molecule has 0 fully saturated rings. The van der Waals surface area contributed by atoms with E-state index < -0.39 is 0 Å². The van der Waals surface area contributed by atoms with Crippen LogP contribution in [0, 0.1) is 0 Å². The molecule has 0 aliphatic carbocycles. The van der Waals surface area contributed by atoms with Crippen LogP contribution in [0.15, 0.2) is 247 Å². The largest absolute Gasteiger partial charge is 0.456 e. The number of hydrogen-bond donors (Lipinski definition) is 0. The smallest absolute Gasteiger partial charge is 0.136 e. The minimum Gasteiger partial charge on any atom is -0.456 e. The Hall–Kier alpha value is -8.40. The molecule has 0 bridgehead atoms. The van der Waals surface area contributed by atoms with Gasteiger partial charge in [0.1, 0.15) is 11.2 Å². The topological polar surface area (TPSA) is 21.3 Å². The Morgan fingerprint density at radius 2 is 0.841 bits per heavy atom. The number of benzene rings is 10. The van der Waals surface area contributed by atoms with E-state index in [0.717, 1.165) is 72.5 Å². The highest BCUT2D eigenvalue weighted by Gasteiger charge is 2.21. The molecule has 0 aliphatic heterocycles. The van der Waals surface area contributed by atoms with Crippen LogP contribution in [-0.2, 0) is 0 Å². The van der Waals surface area contributed by atoms with Crippen LogP contribution in [0.25, 0.3) is 93.9 Å². The lowest BCUT2D eigenvalue weighted by atomic mass is 9.96. The van der Waals surface area contributed by atoms with Gasteiger partial charge < -0.3 is 13.9 Å². The second-order valence-corrected chi connectivity index (χ2v) is 16.1. The summed E-state index contributed by atoms with van der Waals surface area (Å²) in [7, 11) is 0. The lowest BCUT2D eigenvalue weighted by Crippen LogP contribution is -2.11. The van der Waals surface area contributed by atoms with Crippen molar-refractivity contribution in [2.45, 2.75) is 0 Å². The van der Waals surface area contributed by atoms with Crippen molar-refractivity contribution in [3.05, 3.63) is 243 Å². The fraction of sp³-hybridized carbons (Fsp3) is 0. The van der Waals surface area contributed by atoms with E-state index in [2.05, 4.69) is 246 Å². The molecular formula is C60H40N2O. The summed E-state index contributed by atoms with van der Waals surface area (Å²) in [6.07, 6.45) is 0. The monoisotopic (exact) mass is 804 g/mol. The summed E-state index contributed by atoms with van der Waals surface area (Å²) in [5, 5.41) is 4.74. The van der Waals surface area contributed by atoms with Crippen LogP contribution in [0.2, 0.25) is 0 Å². The molecule has 0 atom stereocenters. The number of fused-ring (bicyclic) bond motifs is 6. The Bertz CT molecular complexity index is 3580. The van der Waals surface area contributed by atoms with Crippen molar-refractivity contribution in [3.8, 4) is 50.2 Å². The zero-order valence-corrected chi connectivity index (χ0v) is 34.4. The summed E-state index contributed by atoms with van der Waals surface area (Å²) < 4.78 is 8.79. The lowest BCUT2D eigenvalue weighted by Gasteiger charge is -2.28. The summed E-state index contributed by atoms with van der Waals surface area (Å²) in [5.74, 6) is 0. The quantitative estimate of drug-likeness (QED) is 0.153. The van der Waals surface area contributed by atoms with Gasteiger partial charge in [-0.05, 0) is 112 Å². The molecule has 0 saturated heterocycles. The van der Waals surface area contributed by atoms with Gasteiger partial charge in [0.2, 0.25) is 0 Å². The van der Waals surface area contributed by atoms with E-state index in [-0.39, 0.29) is 0 Å². The fourth-order valence-electron chi connectivity index (χ4n) is 9.48. The Kier molecular flexibility index (Phi) is 8.83. The van der Waals surface area contributed by atoms with Gasteiger partial charge in [0, 0.05) is 44.2 Å². The fourth-order valence-corrected chi connectivity index (χ4v) is 9.48. The van der Waals surface area contributed by atoms with Crippen molar-refractivity contribution >= 4 is 60.8 Å². The maximum atomic E-state index is 6.40. The van der Waals surface area contributed by atoms with Crippen molar-refractivity contribution in [2.75, 3.05) is 4.90 Å². The molecule has 12 aromatic rings. The van der Waals surface area contributed by atoms with Gasteiger partial charge in [0.25, 0.3) is 0 Å². The highest BCUT2D eigenvalue weighted by Crippen LogP contribution is 2.46. The van der Waals surface area contributed by atoms with E-state index in [1.165, 1.54) is 38.5 Å². The maximum Gasteiger partial charge on any atom is 0.136 e. The van der Waals surface area contributed by atoms with Crippen molar-refractivity contribution in [1.29, 1.82) is 0 Å². The zero-order valence-electron chi connectivity index (χ0n) is 34.4. The van der Waals surface area contributed by atoms with Crippen LogP contribution in [0.4, 0.5) is 17.1 Å². The SMILES string of the molecule is c1ccc(-c2cccc(-c3cccc(N(c4ccc(-c5cccc(-n6c7ccccc7c7ccccc76)c5)cc4)c4ccccc4-c4cccc5oc6ccccc6c45)c3)c2)cc1. The number of nitrogens with zero attached hydrogens (tertiary/aromatic N) is 2. The summed E-state index contributed by atoms with van der Waals surface area (Å²) in [5.41, 5.74) is 17.8. The van der Waals surface area contributed by atoms with Gasteiger partial charge in [0.15, 0.2) is 0 Å². The summed E-state index contributed by atoms with van der Waals surface area (Å²) in [6, 6.07) is 87.1. The number of anilines is 3. The second kappa shape index (κ2) is 15.3. The molecule has 0 amide bonds. The van der Waals surface area contributed by atoms with E-state index in [9.17, 15) is 0 Å². The average Bonchev–Trinajstić information content (AvgIpc) is 3.91. The number of para-hydroxylation sites is 4. The van der Waals surface area contributed by atoms with E-state index in [0.29, 0.717) is 0 Å². The van der Waals surface area contributed by atoms with Crippen molar-refractivity contribution in [2.24, 2.45) is 0 Å². The Labute approximate surface area is 366 Å². The van der Waals surface area contributed by atoms with Crippen molar-refractivity contribution in [3.63, 3.8) is 0 Å². The van der Waals surface area contributed by atoms with E-state index in [4.69, 9.17) is 4.42 Å². The third-order valence-corrected chi connectivity index (χ3v) is 12.4. The summed E-state index contributed by atoms with van der Waals surface area (Å²) in [4.78, 5) is 2.40. The molecule has 0 aliphatic rings. The van der Waals surface area contributed by atoms with Crippen molar-refractivity contribution in [1.82, 2.24) is 4.57 Å².